The van der Waals surface area contributed by atoms with E-state index in [9.17, 15) is 8.42 Å². The SMILES string of the molecule is CCCCC(C)NS(=O)(=O)c1ccc(Cl)c(CNC)c1. The number of sulfonamides is 1. The van der Waals surface area contributed by atoms with Crippen LogP contribution in [0.5, 0.6) is 0 Å². The summed E-state index contributed by atoms with van der Waals surface area (Å²) in [5, 5.41) is 3.54. The molecule has 1 rings (SSSR count). The van der Waals surface area contributed by atoms with E-state index >= 15 is 0 Å². The van der Waals surface area contributed by atoms with Gasteiger partial charge in [-0.25, -0.2) is 13.1 Å². The molecule has 1 atom stereocenters. The standard InChI is InChI=1S/C14H23ClN2O2S/c1-4-5-6-11(2)17-20(18,19)13-7-8-14(15)12(9-13)10-16-3/h7-9,11,16-17H,4-6,10H2,1-3H3. The highest BCUT2D eigenvalue weighted by Gasteiger charge is 2.18. The van der Waals surface area contributed by atoms with Gasteiger partial charge < -0.3 is 5.32 Å². The smallest absolute Gasteiger partial charge is 0.240 e. The topological polar surface area (TPSA) is 58.2 Å². The van der Waals surface area contributed by atoms with Gasteiger partial charge in [-0.15, -0.1) is 0 Å². The lowest BCUT2D eigenvalue weighted by molar-refractivity contribution is 0.534. The highest BCUT2D eigenvalue weighted by Crippen LogP contribution is 2.20. The zero-order valence-electron chi connectivity index (χ0n) is 12.2. The van der Waals surface area contributed by atoms with Crippen LogP contribution in [0.25, 0.3) is 0 Å². The molecule has 0 amide bonds. The molecule has 0 saturated heterocycles. The monoisotopic (exact) mass is 318 g/mol. The fourth-order valence-corrected chi connectivity index (χ4v) is 3.46. The third kappa shape index (κ3) is 5.05. The highest BCUT2D eigenvalue weighted by atomic mass is 35.5. The molecule has 0 radical (unpaired) electrons. The Morgan fingerprint density at radius 3 is 2.65 bits per heavy atom. The van der Waals surface area contributed by atoms with E-state index < -0.39 is 10.0 Å². The Balaban J connectivity index is 2.89. The molecule has 0 aromatic heterocycles. The van der Waals surface area contributed by atoms with Crippen molar-refractivity contribution in [2.24, 2.45) is 0 Å². The first-order valence-electron chi connectivity index (χ1n) is 6.86. The second kappa shape index (κ2) is 7.98. The van der Waals surface area contributed by atoms with Gasteiger partial charge in [0.2, 0.25) is 10.0 Å². The van der Waals surface area contributed by atoms with E-state index in [1.54, 1.807) is 19.2 Å². The molecule has 1 aromatic rings. The van der Waals surface area contributed by atoms with Crippen molar-refractivity contribution in [2.75, 3.05) is 7.05 Å². The minimum Gasteiger partial charge on any atom is -0.316 e. The maximum atomic E-state index is 12.3. The third-order valence-electron chi connectivity index (χ3n) is 3.04. The zero-order chi connectivity index (χ0) is 15.2. The fourth-order valence-electron chi connectivity index (χ4n) is 1.95. The third-order valence-corrected chi connectivity index (χ3v) is 5.00. The van der Waals surface area contributed by atoms with Gasteiger partial charge in [-0.1, -0.05) is 31.4 Å². The van der Waals surface area contributed by atoms with Gasteiger partial charge in [0.25, 0.3) is 0 Å². The Morgan fingerprint density at radius 1 is 1.35 bits per heavy atom. The minimum absolute atomic E-state index is 0.0663. The van der Waals surface area contributed by atoms with Gasteiger partial charge in [0.15, 0.2) is 0 Å². The number of hydrogen-bond acceptors (Lipinski definition) is 3. The maximum absolute atomic E-state index is 12.3. The minimum atomic E-state index is -3.48. The van der Waals surface area contributed by atoms with Crippen LogP contribution in [0.15, 0.2) is 23.1 Å². The number of nitrogens with one attached hydrogen (secondary N) is 2. The first kappa shape index (κ1) is 17.4. The van der Waals surface area contributed by atoms with E-state index in [2.05, 4.69) is 17.0 Å². The molecule has 0 spiro atoms. The molecule has 0 saturated carbocycles. The lowest BCUT2D eigenvalue weighted by atomic mass is 10.2. The van der Waals surface area contributed by atoms with Crippen molar-refractivity contribution in [2.45, 2.75) is 50.6 Å². The first-order valence-corrected chi connectivity index (χ1v) is 8.72. The van der Waals surface area contributed by atoms with Crippen molar-refractivity contribution in [3.63, 3.8) is 0 Å². The Morgan fingerprint density at radius 2 is 2.05 bits per heavy atom. The van der Waals surface area contributed by atoms with E-state index in [0.29, 0.717) is 11.6 Å². The molecule has 0 aliphatic carbocycles. The molecule has 114 valence electrons. The van der Waals surface area contributed by atoms with E-state index in [1.807, 2.05) is 6.92 Å². The molecule has 20 heavy (non-hydrogen) atoms. The summed E-state index contributed by atoms with van der Waals surface area (Å²) in [4.78, 5) is 0.260. The summed E-state index contributed by atoms with van der Waals surface area (Å²) >= 11 is 6.04. The Hall–Kier alpha value is -0.620. The van der Waals surface area contributed by atoms with E-state index in [-0.39, 0.29) is 10.9 Å². The molecular weight excluding hydrogens is 296 g/mol. The first-order chi connectivity index (χ1) is 9.40. The number of rotatable bonds is 8. The van der Waals surface area contributed by atoms with Gasteiger partial charge in [-0.05, 0) is 44.2 Å². The lowest BCUT2D eigenvalue weighted by Gasteiger charge is -2.15. The van der Waals surface area contributed by atoms with Crippen LogP contribution in [0.4, 0.5) is 0 Å². The number of halogens is 1. The van der Waals surface area contributed by atoms with Crippen molar-refractivity contribution in [3.8, 4) is 0 Å². The van der Waals surface area contributed by atoms with Crippen LogP contribution < -0.4 is 10.0 Å². The van der Waals surface area contributed by atoms with E-state index in [4.69, 9.17) is 11.6 Å². The van der Waals surface area contributed by atoms with Gasteiger partial charge in [0.1, 0.15) is 0 Å². The van der Waals surface area contributed by atoms with Crippen LogP contribution in [-0.4, -0.2) is 21.5 Å². The van der Waals surface area contributed by atoms with Gasteiger partial charge in [0.05, 0.1) is 4.90 Å². The molecule has 0 heterocycles. The molecular formula is C14H23ClN2O2S. The summed E-state index contributed by atoms with van der Waals surface area (Å²) in [5.41, 5.74) is 0.776. The molecule has 1 unspecified atom stereocenters. The fraction of sp³-hybridized carbons (Fsp3) is 0.571. The number of unbranched alkanes of at least 4 members (excludes halogenated alkanes) is 1. The summed E-state index contributed by atoms with van der Waals surface area (Å²) in [7, 11) is -1.69. The quantitative estimate of drug-likeness (QED) is 0.775. The molecule has 2 N–H and O–H groups in total. The molecule has 6 heteroatoms. The van der Waals surface area contributed by atoms with Crippen molar-refractivity contribution >= 4 is 21.6 Å². The average Bonchev–Trinajstić information content (AvgIpc) is 2.38. The number of hydrogen-bond donors (Lipinski definition) is 2. The van der Waals surface area contributed by atoms with Crippen LogP contribution in [0, 0.1) is 0 Å². The van der Waals surface area contributed by atoms with Crippen LogP contribution in [0.2, 0.25) is 5.02 Å². The van der Waals surface area contributed by atoms with Crippen LogP contribution in [-0.2, 0) is 16.6 Å². The second-order valence-corrected chi connectivity index (χ2v) is 7.07. The Bertz CT molecular complexity index is 532. The van der Waals surface area contributed by atoms with Crippen molar-refractivity contribution in [3.05, 3.63) is 28.8 Å². The predicted octanol–water partition coefficient (Wildman–Crippen LogP) is 2.92. The molecule has 0 aliphatic rings. The summed E-state index contributed by atoms with van der Waals surface area (Å²) in [6.07, 6.45) is 2.90. The normalized spacial score (nSPS) is 13.4. The Labute approximate surface area is 127 Å². The molecule has 0 aliphatic heterocycles. The summed E-state index contributed by atoms with van der Waals surface area (Å²) in [6, 6.07) is 4.72. The highest BCUT2D eigenvalue weighted by molar-refractivity contribution is 7.89. The largest absolute Gasteiger partial charge is 0.316 e. The van der Waals surface area contributed by atoms with Crippen molar-refractivity contribution < 1.29 is 8.42 Å². The van der Waals surface area contributed by atoms with Crippen LogP contribution >= 0.6 is 11.6 Å². The molecule has 0 fully saturated rings. The van der Waals surface area contributed by atoms with Gasteiger partial charge >= 0.3 is 0 Å². The van der Waals surface area contributed by atoms with E-state index in [0.717, 1.165) is 24.8 Å². The van der Waals surface area contributed by atoms with Crippen LogP contribution in [0.1, 0.15) is 38.7 Å². The summed E-state index contributed by atoms with van der Waals surface area (Å²) in [6.45, 7) is 4.51. The maximum Gasteiger partial charge on any atom is 0.240 e. The lowest BCUT2D eigenvalue weighted by Crippen LogP contribution is -2.32. The molecule has 4 nitrogen and oxygen atoms in total. The van der Waals surface area contributed by atoms with Crippen molar-refractivity contribution in [1.82, 2.24) is 10.0 Å². The molecule has 1 aromatic carbocycles. The van der Waals surface area contributed by atoms with Crippen molar-refractivity contribution in [1.29, 1.82) is 0 Å². The Kier molecular flexibility index (Phi) is 6.95. The zero-order valence-corrected chi connectivity index (χ0v) is 13.8. The summed E-state index contributed by atoms with van der Waals surface area (Å²) < 4.78 is 27.3. The number of benzene rings is 1. The molecule has 0 bridgehead atoms. The van der Waals surface area contributed by atoms with Gasteiger partial charge in [-0.2, -0.15) is 0 Å². The van der Waals surface area contributed by atoms with Gasteiger partial charge in [0, 0.05) is 17.6 Å². The summed E-state index contributed by atoms with van der Waals surface area (Å²) in [5.74, 6) is 0. The van der Waals surface area contributed by atoms with Crippen LogP contribution in [0.3, 0.4) is 0 Å². The van der Waals surface area contributed by atoms with E-state index in [1.165, 1.54) is 6.07 Å². The van der Waals surface area contributed by atoms with Gasteiger partial charge in [-0.3, -0.25) is 0 Å². The second-order valence-electron chi connectivity index (χ2n) is 4.95. The predicted molar refractivity (Wildman–Crippen MR) is 83.5 cm³/mol. The average molecular weight is 319 g/mol.